The summed E-state index contributed by atoms with van der Waals surface area (Å²) < 4.78 is 25.3. The average molecular weight is 417 g/mol. The lowest BCUT2D eigenvalue weighted by Gasteiger charge is -2.31. The number of rotatable bonds is 7. The number of sulfone groups is 1. The monoisotopic (exact) mass is 416 g/mol. The summed E-state index contributed by atoms with van der Waals surface area (Å²) in [6.45, 7) is 5.22. The average Bonchev–Trinajstić information content (AvgIpc) is 2.56. The number of hydrogen-bond donors (Lipinski definition) is 1. The molecule has 0 aromatic heterocycles. The van der Waals surface area contributed by atoms with E-state index < -0.39 is 9.84 Å². The highest BCUT2D eigenvalue weighted by molar-refractivity contribution is 9.10. The standard InChI is InChI=1S/C17H25BrN2O3S/c1-2-20-11-9-15(10-12-20)19-17(21)4-3-13-24(22,23)16-7-5-14(18)6-8-16/h5-8,15H,2-4,9-13H2,1H3,(H,19,21). The van der Waals surface area contributed by atoms with Crippen molar-refractivity contribution in [3.05, 3.63) is 28.7 Å². The molecule has 0 bridgehead atoms. The molecule has 0 radical (unpaired) electrons. The maximum Gasteiger partial charge on any atom is 0.220 e. The van der Waals surface area contributed by atoms with Gasteiger partial charge in [0.2, 0.25) is 5.91 Å². The van der Waals surface area contributed by atoms with Crippen molar-refractivity contribution in [2.75, 3.05) is 25.4 Å². The Bertz CT molecular complexity index is 638. The van der Waals surface area contributed by atoms with E-state index in [0.29, 0.717) is 11.3 Å². The highest BCUT2D eigenvalue weighted by Crippen LogP contribution is 2.17. The molecule has 1 saturated heterocycles. The number of hydrogen-bond acceptors (Lipinski definition) is 4. The van der Waals surface area contributed by atoms with Gasteiger partial charge in [-0.1, -0.05) is 22.9 Å². The van der Waals surface area contributed by atoms with Crippen molar-refractivity contribution in [3.8, 4) is 0 Å². The molecule has 1 heterocycles. The molecular weight excluding hydrogens is 392 g/mol. The number of benzene rings is 1. The van der Waals surface area contributed by atoms with Crippen LogP contribution in [0.2, 0.25) is 0 Å². The van der Waals surface area contributed by atoms with Gasteiger partial charge in [-0.25, -0.2) is 8.42 Å². The van der Waals surface area contributed by atoms with Crippen molar-refractivity contribution < 1.29 is 13.2 Å². The molecule has 1 aromatic rings. The van der Waals surface area contributed by atoms with Gasteiger partial charge >= 0.3 is 0 Å². The molecule has 5 nitrogen and oxygen atoms in total. The first-order valence-electron chi connectivity index (χ1n) is 8.41. The number of piperidine rings is 1. The molecule has 0 saturated carbocycles. The van der Waals surface area contributed by atoms with Gasteiger partial charge in [0, 0.05) is 30.0 Å². The molecule has 134 valence electrons. The Balaban J connectivity index is 1.73. The predicted molar refractivity (Wildman–Crippen MR) is 98.7 cm³/mol. The highest BCUT2D eigenvalue weighted by atomic mass is 79.9. The number of nitrogens with one attached hydrogen (secondary N) is 1. The van der Waals surface area contributed by atoms with Crippen LogP contribution in [0.15, 0.2) is 33.6 Å². The van der Waals surface area contributed by atoms with E-state index in [1.807, 2.05) is 0 Å². The van der Waals surface area contributed by atoms with Crippen molar-refractivity contribution in [3.63, 3.8) is 0 Å². The molecule has 1 aliphatic heterocycles. The minimum absolute atomic E-state index is 0.00364. The van der Waals surface area contributed by atoms with Crippen LogP contribution in [0, 0.1) is 0 Å². The quantitative estimate of drug-likeness (QED) is 0.741. The third kappa shape index (κ3) is 5.86. The van der Waals surface area contributed by atoms with Crippen LogP contribution in [0.25, 0.3) is 0 Å². The van der Waals surface area contributed by atoms with Crippen LogP contribution in [0.3, 0.4) is 0 Å². The minimum Gasteiger partial charge on any atom is -0.353 e. The summed E-state index contributed by atoms with van der Waals surface area (Å²) in [5.74, 6) is -0.0491. The SMILES string of the molecule is CCN1CCC(NC(=O)CCCS(=O)(=O)c2ccc(Br)cc2)CC1. The van der Waals surface area contributed by atoms with Crippen LogP contribution in [-0.4, -0.2) is 50.7 Å². The Labute approximate surface area is 152 Å². The summed E-state index contributed by atoms with van der Waals surface area (Å²) in [6, 6.07) is 6.82. The summed E-state index contributed by atoms with van der Waals surface area (Å²) in [6.07, 6.45) is 2.54. The smallest absolute Gasteiger partial charge is 0.220 e. The van der Waals surface area contributed by atoms with E-state index in [9.17, 15) is 13.2 Å². The van der Waals surface area contributed by atoms with Crippen LogP contribution < -0.4 is 5.32 Å². The first-order valence-corrected chi connectivity index (χ1v) is 10.9. The fourth-order valence-corrected chi connectivity index (χ4v) is 4.45. The lowest BCUT2D eigenvalue weighted by Crippen LogP contribution is -2.44. The number of amides is 1. The second-order valence-electron chi connectivity index (χ2n) is 6.15. The minimum atomic E-state index is -3.32. The predicted octanol–water partition coefficient (Wildman–Crippen LogP) is 2.60. The Morgan fingerprint density at radius 2 is 1.88 bits per heavy atom. The summed E-state index contributed by atoms with van der Waals surface area (Å²) in [5.41, 5.74) is 0. The number of carbonyl (C=O) groups is 1. The molecule has 0 atom stereocenters. The molecule has 1 N–H and O–H groups in total. The van der Waals surface area contributed by atoms with E-state index in [0.717, 1.165) is 36.9 Å². The normalized spacial score (nSPS) is 16.9. The largest absolute Gasteiger partial charge is 0.353 e. The molecule has 1 aromatic carbocycles. The van der Waals surface area contributed by atoms with Gasteiger partial charge in [-0.15, -0.1) is 0 Å². The third-order valence-electron chi connectivity index (χ3n) is 4.39. The highest BCUT2D eigenvalue weighted by Gasteiger charge is 2.20. The van der Waals surface area contributed by atoms with Crippen LogP contribution in [-0.2, 0) is 14.6 Å². The fraction of sp³-hybridized carbons (Fsp3) is 0.588. The number of likely N-dealkylation sites (tertiary alicyclic amines) is 1. The van der Waals surface area contributed by atoms with E-state index in [1.165, 1.54) is 0 Å². The molecule has 0 spiro atoms. The van der Waals surface area contributed by atoms with E-state index in [2.05, 4.69) is 33.1 Å². The molecular formula is C17H25BrN2O3S. The topological polar surface area (TPSA) is 66.5 Å². The molecule has 1 aliphatic rings. The van der Waals surface area contributed by atoms with Crippen LogP contribution in [0.4, 0.5) is 0 Å². The Morgan fingerprint density at radius 3 is 2.46 bits per heavy atom. The van der Waals surface area contributed by atoms with Gasteiger partial charge in [0.15, 0.2) is 9.84 Å². The van der Waals surface area contributed by atoms with E-state index in [-0.39, 0.29) is 24.1 Å². The van der Waals surface area contributed by atoms with Gasteiger partial charge < -0.3 is 10.2 Å². The fourth-order valence-electron chi connectivity index (χ4n) is 2.88. The lowest BCUT2D eigenvalue weighted by molar-refractivity contribution is -0.122. The van der Waals surface area contributed by atoms with Crippen molar-refractivity contribution in [2.24, 2.45) is 0 Å². The van der Waals surface area contributed by atoms with Crippen molar-refractivity contribution in [2.45, 2.75) is 43.5 Å². The number of carbonyl (C=O) groups excluding carboxylic acids is 1. The van der Waals surface area contributed by atoms with Gasteiger partial charge in [-0.3, -0.25) is 4.79 Å². The molecule has 0 unspecified atom stereocenters. The van der Waals surface area contributed by atoms with E-state index in [4.69, 9.17) is 0 Å². The molecule has 2 rings (SSSR count). The van der Waals surface area contributed by atoms with Gasteiger partial charge in [0.1, 0.15) is 0 Å². The first kappa shape index (κ1) is 19.4. The second kappa shape index (κ2) is 8.97. The van der Waals surface area contributed by atoms with Gasteiger partial charge in [-0.2, -0.15) is 0 Å². The van der Waals surface area contributed by atoms with Gasteiger partial charge in [0.05, 0.1) is 10.6 Å². The van der Waals surface area contributed by atoms with Crippen LogP contribution in [0.1, 0.15) is 32.6 Å². The van der Waals surface area contributed by atoms with E-state index in [1.54, 1.807) is 24.3 Å². The van der Waals surface area contributed by atoms with Crippen molar-refractivity contribution in [1.29, 1.82) is 0 Å². The molecule has 7 heteroatoms. The Hall–Kier alpha value is -0.920. The molecule has 0 aliphatic carbocycles. The van der Waals surface area contributed by atoms with Gasteiger partial charge in [0.25, 0.3) is 0 Å². The first-order chi connectivity index (χ1) is 11.4. The zero-order chi connectivity index (χ0) is 17.6. The zero-order valence-corrected chi connectivity index (χ0v) is 16.4. The Kier molecular flexibility index (Phi) is 7.25. The second-order valence-corrected chi connectivity index (χ2v) is 9.18. The van der Waals surface area contributed by atoms with E-state index >= 15 is 0 Å². The van der Waals surface area contributed by atoms with Crippen LogP contribution in [0.5, 0.6) is 0 Å². The molecule has 1 amide bonds. The maximum atomic E-state index is 12.2. The summed E-state index contributed by atoms with van der Waals surface area (Å²) >= 11 is 3.29. The summed E-state index contributed by atoms with van der Waals surface area (Å²) in [4.78, 5) is 14.7. The lowest BCUT2D eigenvalue weighted by atomic mass is 10.0. The van der Waals surface area contributed by atoms with Crippen molar-refractivity contribution >= 4 is 31.7 Å². The molecule has 24 heavy (non-hydrogen) atoms. The number of halogens is 1. The molecule has 1 fully saturated rings. The number of nitrogens with zero attached hydrogens (tertiary/aromatic N) is 1. The summed E-state index contributed by atoms with van der Waals surface area (Å²) in [5, 5.41) is 3.03. The summed E-state index contributed by atoms with van der Waals surface area (Å²) in [7, 11) is -3.32. The van der Waals surface area contributed by atoms with Gasteiger partial charge in [-0.05, 0) is 50.1 Å². The Morgan fingerprint density at radius 1 is 1.25 bits per heavy atom. The maximum absolute atomic E-state index is 12.2. The third-order valence-corrected chi connectivity index (χ3v) is 6.73. The van der Waals surface area contributed by atoms with Crippen molar-refractivity contribution in [1.82, 2.24) is 10.2 Å². The zero-order valence-electron chi connectivity index (χ0n) is 14.0. The van der Waals surface area contributed by atoms with Crippen LogP contribution >= 0.6 is 15.9 Å².